The number of aldehydes is 1. The lowest BCUT2D eigenvalue weighted by Crippen LogP contribution is -2.00. The van der Waals surface area contributed by atoms with Crippen molar-refractivity contribution in [2.45, 2.75) is 6.92 Å². The lowest BCUT2D eigenvalue weighted by Gasteiger charge is -2.01. The van der Waals surface area contributed by atoms with E-state index in [1.54, 1.807) is 35.3 Å². The Morgan fingerprint density at radius 3 is 2.71 bits per heavy atom. The standard InChI is InChI=1S/C10H9N3O/c1-8-6-10(7-14)13(12-8)9-2-4-11-5-3-9/h2-7H,1H3. The Balaban J connectivity index is 2.56. The molecule has 2 heterocycles. The van der Waals surface area contributed by atoms with Crippen LogP contribution in [0.25, 0.3) is 5.69 Å². The fourth-order valence-electron chi connectivity index (χ4n) is 1.30. The van der Waals surface area contributed by atoms with Crippen molar-refractivity contribution in [2.24, 2.45) is 0 Å². The molecule has 0 aliphatic heterocycles. The molecule has 0 aromatic carbocycles. The molecule has 0 N–H and O–H groups in total. The average Bonchev–Trinajstić information content (AvgIpc) is 2.61. The third-order valence-corrected chi connectivity index (χ3v) is 1.89. The SMILES string of the molecule is Cc1cc(C=O)n(-c2ccncc2)n1. The van der Waals surface area contributed by atoms with Crippen molar-refractivity contribution >= 4 is 6.29 Å². The van der Waals surface area contributed by atoms with Crippen molar-refractivity contribution in [2.75, 3.05) is 0 Å². The summed E-state index contributed by atoms with van der Waals surface area (Å²) in [6.07, 6.45) is 4.13. The van der Waals surface area contributed by atoms with Crippen molar-refractivity contribution < 1.29 is 4.79 Å². The Kier molecular flexibility index (Phi) is 2.10. The van der Waals surface area contributed by atoms with Gasteiger partial charge in [0, 0.05) is 12.4 Å². The highest BCUT2D eigenvalue weighted by Crippen LogP contribution is 2.09. The maximum atomic E-state index is 10.7. The molecule has 0 bridgehead atoms. The lowest BCUT2D eigenvalue weighted by molar-refractivity contribution is 0.111. The van der Waals surface area contributed by atoms with Gasteiger partial charge in [0.1, 0.15) is 5.69 Å². The van der Waals surface area contributed by atoms with Crippen molar-refractivity contribution in [1.82, 2.24) is 14.8 Å². The molecule has 0 aliphatic rings. The number of pyridine rings is 1. The lowest BCUT2D eigenvalue weighted by atomic mass is 10.3. The molecular formula is C10H9N3O. The van der Waals surface area contributed by atoms with E-state index in [0.29, 0.717) is 5.69 Å². The van der Waals surface area contributed by atoms with E-state index in [1.165, 1.54) is 0 Å². The average molecular weight is 187 g/mol. The van der Waals surface area contributed by atoms with Gasteiger partial charge in [0.25, 0.3) is 0 Å². The highest BCUT2D eigenvalue weighted by Gasteiger charge is 2.05. The molecule has 4 nitrogen and oxygen atoms in total. The predicted molar refractivity (Wildman–Crippen MR) is 51.5 cm³/mol. The van der Waals surface area contributed by atoms with Gasteiger partial charge >= 0.3 is 0 Å². The first kappa shape index (κ1) is 8.62. The molecule has 2 aromatic rings. The highest BCUT2D eigenvalue weighted by atomic mass is 16.1. The van der Waals surface area contributed by atoms with Gasteiger partial charge in [-0.2, -0.15) is 5.10 Å². The van der Waals surface area contributed by atoms with Crippen LogP contribution in [0.2, 0.25) is 0 Å². The minimum absolute atomic E-state index is 0.550. The minimum Gasteiger partial charge on any atom is -0.296 e. The van der Waals surface area contributed by atoms with E-state index < -0.39 is 0 Å². The zero-order chi connectivity index (χ0) is 9.97. The molecule has 0 unspecified atom stereocenters. The van der Waals surface area contributed by atoms with Gasteiger partial charge in [-0.3, -0.25) is 9.78 Å². The number of carbonyl (C=O) groups is 1. The van der Waals surface area contributed by atoms with Crippen LogP contribution in [0.4, 0.5) is 0 Å². The zero-order valence-corrected chi connectivity index (χ0v) is 7.71. The van der Waals surface area contributed by atoms with Crippen LogP contribution in [0.3, 0.4) is 0 Å². The van der Waals surface area contributed by atoms with E-state index in [2.05, 4.69) is 10.1 Å². The number of nitrogens with zero attached hydrogens (tertiary/aromatic N) is 3. The van der Waals surface area contributed by atoms with Crippen LogP contribution in [0.1, 0.15) is 16.2 Å². The second kappa shape index (κ2) is 3.41. The zero-order valence-electron chi connectivity index (χ0n) is 7.71. The normalized spacial score (nSPS) is 10.1. The monoisotopic (exact) mass is 187 g/mol. The van der Waals surface area contributed by atoms with Crippen LogP contribution >= 0.6 is 0 Å². The van der Waals surface area contributed by atoms with Gasteiger partial charge in [-0.05, 0) is 25.1 Å². The number of carbonyl (C=O) groups excluding carboxylic acids is 1. The molecular weight excluding hydrogens is 178 g/mol. The number of aromatic nitrogens is 3. The predicted octanol–water partition coefficient (Wildman–Crippen LogP) is 1.39. The van der Waals surface area contributed by atoms with Crippen molar-refractivity contribution in [1.29, 1.82) is 0 Å². The summed E-state index contributed by atoms with van der Waals surface area (Å²) in [6.45, 7) is 1.85. The van der Waals surface area contributed by atoms with Crippen LogP contribution < -0.4 is 0 Å². The molecule has 0 spiro atoms. The van der Waals surface area contributed by atoms with Crippen LogP contribution in [0.15, 0.2) is 30.6 Å². The molecule has 2 aromatic heterocycles. The molecule has 0 saturated heterocycles. The molecule has 0 atom stereocenters. The first-order valence-corrected chi connectivity index (χ1v) is 4.23. The third kappa shape index (κ3) is 1.42. The summed E-state index contributed by atoms with van der Waals surface area (Å²) >= 11 is 0. The Morgan fingerprint density at radius 1 is 1.36 bits per heavy atom. The molecule has 0 saturated carbocycles. The van der Waals surface area contributed by atoms with Gasteiger partial charge in [0.15, 0.2) is 6.29 Å². The molecule has 14 heavy (non-hydrogen) atoms. The summed E-state index contributed by atoms with van der Waals surface area (Å²) in [6, 6.07) is 5.35. The van der Waals surface area contributed by atoms with E-state index in [0.717, 1.165) is 17.7 Å². The van der Waals surface area contributed by atoms with Crippen molar-refractivity contribution in [3.8, 4) is 5.69 Å². The summed E-state index contributed by atoms with van der Waals surface area (Å²) in [5.74, 6) is 0. The first-order chi connectivity index (χ1) is 6.81. The summed E-state index contributed by atoms with van der Waals surface area (Å²) < 4.78 is 1.60. The van der Waals surface area contributed by atoms with E-state index >= 15 is 0 Å². The van der Waals surface area contributed by atoms with Gasteiger partial charge < -0.3 is 0 Å². The number of rotatable bonds is 2. The number of aryl methyl sites for hydroxylation is 1. The molecule has 0 radical (unpaired) electrons. The summed E-state index contributed by atoms with van der Waals surface area (Å²) in [5.41, 5.74) is 2.22. The van der Waals surface area contributed by atoms with Crippen LogP contribution in [0, 0.1) is 6.92 Å². The third-order valence-electron chi connectivity index (χ3n) is 1.89. The maximum absolute atomic E-state index is 10.7. The fraction of sp³-hybridized carbons (Fsp3) is 0.100. The summed E-state index contributed by atoms with van der Waals surface area (Å²) in [4.78, 5) is 14.6. The highest BCUT2D eigenvalue weighted by molar-refractivity contribution is 5.73. The van der Waals surface area contributed by atoms with Crippen molar-refractivity contribution in [3.63, 3.8) is 0 Å². The smallest absolute Gasteiger partial charge is 0.168 e. The maximum Gasteiger partial charge on any atom is 0.168 e. The fourth-order valence-corrected chi connectivity index (χ4v) is 1.30. The summed E-state index contributed by atoms with van der Waals surface area (Å²) in [7, 11) is 0. The second-order valence-electron chi connectivity index (χ2n) is 2.95. The number of hydrogen-bond donors (Lipinski definition) is 0. The minimum atomic E-state index is 0.550. The quantitative estimate of drug-likeness (QED) is 0.667. The van der Waals surface area contributed by atoms with E-state index in [9.17, 15) is 4.79 Å². The topological polar surface area (TPSA) is 47.8 Å². The van der Waals surface area contributed by atoms with E-state index in [-0.39, 0.29) is 0 Å². The second-order valence-corrected chi connectivity index (χ2v) is 2.95. The Bertz CT molecular complexity index is 448. The molecule has 0 amide bonds. The Labute approximate surface area is 81.2 Å². The van der Waals surface area contributed by atoms with E-state index in [4.69, 9.17) is 0 Å². The van der Waals surface area contributed by atoms with E-state index in [1.807, 2.05) is 6.92 Å². The number of hydrogen-bond acceptors (Lipinski definition) is 3. The summed E-state index contributed by atoms with van der Waals surface area (Å²) in [5, 5.41) is 4.21. The van der Waals surface area contributed by atoms with Gasteiger partial charge in [-0.25, -0.2) is 4.68 Å². The van der Waals surface area contributed by atoms with Crippen LogP contribution in [-0.2, 0) is 0 Å². The molecule has 0 fully saturated rings. The Hall–Kier alpha value is -1.97. The molecule has 4 heteroatoms. The van der Waals surface area contributed by atoms with Gasteiger partial charge in [-0.15, -0.1) is 0 Å². The van der Waals surface area contributed by atoms with Crippen molar-refractivity contribution in [3.05, 3.63) is 42.0 Å². The molecule has 2 rings (SSSR count). The molecule has 70 valence electrons. The van der Waals surface area contributed by atoms with Crippen LogP contribution in [0.5, 0.6) is 0 Å². The van der Waals surface area contributed by atoms with Gasteiger partial charge in [-0.1, -0.05) is 0 Å². The Morgan fingerprint density at radius 2 is 2.07 bits per heavy atom. The van der Waals surface area contributed by atoms with Gasteiger partial charge in [0.2, 0.25) is 0 Å². The molecule has 0 aliphatic carbocycles. The first-order valence-electron chi connectivity index (χ1n) is 4.23. The largest absolute Gasteiger partial charge is 0.296 e. The van der Waals surface area contributed by atoms with Gasteiger partial charge in [0.05, 0.1) is 11.4 Å². The van der Waals surface area contributed by atoms with Crippen LogP contribution in [-0.4, -0.2) is 21.1 Å².